The zero-order valence-electron chi connectivity index (χ0n) is 18.9. The molecule has 2 aromatic carbocycles. The fourth-order valence-electron chi connectivity index (χ4n) is 3.34. The van der Waals surface area contributed by atoms with Crippen molar-refractivity contribution in [2.75, 3.05) is 0 Å². The van der Waals surface area contributed by atoms with E-state index in [1.54, 1.807) is 4.68 Å². The van der Waals surface area contributed by atoms with Crippen molar-refractivity contribution < 1.29 is 22.7 Å². The second kappa shape index (κ2) is 8.11. The first kappa shape index (κ1) is 23.6. The Balaban J connectivity index is 1.95. The Morgan fingerprint density at radius 3 is 2.16 bits per heavy atom. The van der Waals surface area contributed by atoms with E-state index in [-0.39, 0.29) is 12.0 Å². The van der Waals surface area contributed by atoms with Gasteiger partial charge in [-0.05, 0) is 30.9 Å². The molecule has 0 saturated heterocycles. The molecule has 0 N–H and O–H groups in total. The number of hydrogen-bond donors (Lipinski definition) is 0. The number of benzene rings is 2. The van der Waals surface area contributed by atoms with Gasteiger partial charge in [0.05, 0.1) is 17.5 Å². The zero-order chi connectivity index (χ0) is 23.9. The van der Waals surface area contributed by atoms with Gasteiger partial charge in [0.2, 0.25) is 5.76 Å². The van der Waals surface area contributed by atoms with Gasteiger partial charge in [0.25, 0.3) is 0 Å². The molecule has 0 saturated carbocycles. The zero-order valence-corrected chi connectivity index (χ0v) is 18.9. The SMILES string of the molecule is C=C(OC(=O)C(C)(C)Cn1nc(-c2ccc(C(C)(C)C)cc2)c2ccccc21)C(F)(F)F. The molecule has 3 rings (SSSR count). The van der Waals surface area contributed by atoms with Gasteiger partial charge in [0.1, 0.15) is 5.69 Å². The third-order valence-corrected chi connectivity index (χ3v) is 5.31. The molecule has 0 fully saturated rings. The third-order valence-electron chi connectivity index (χ3n) is 5.31. The van der Waals surface area contributed by atoms with Crippen molar-refractivity contribution in [3.63, 3.8) is 0 Å². The van der Waals surface area contributed by atoms with Gasteiger partial charge in [-0.2, -0.15) is 18.3 Å². The molecule has 0 aliphatic heterocycles. The van der Waals surface area contributed by atoms with Crippen LogP contribution in [0.2, 0.25) is 0 Å². The lowest BCUT2D eigenvalue weighted by Crippen LogP contribution is -2.33. The first-order chi connectivity index (χ1) is 14.7. The number of halogens is 3. The van der Waals surface area contributed by atoms with Crippen LogP contribution in [0.5, 0.6) is 0 Å². The molecule has 3 aromatic rings. The number of aromatic nitrogens is 2. The predicted molar refractivity (Wildman–Crippen MR) is 119 cm³/mol. The molecule has 0 aliphatic rings. The maximum Gasteiger partial charge on any atom is 0.449 e. The summed E-state index contributed by atoms with van der Waals surface area (Å²) in [6, 6.07) is 15.7. The summed E-state index contributed by atoms with van der Waals surface area (Å²) in [6.07, 6.45) is -4.80. The van der Waals surface area contributed by atoms with Crippen molar-refractivity contribution in [3.05, 3.63) is 66.4 Å². The lowest BCUT2D eigenvalue weighted by Gasteiger charge is -2.23. The molecule has 1 heterocycles. The van der Waals surface area contributed by atoms with Crippen molar-refractivity contribution >= 4 is 16.9 Å². The number of rotatable bonds is 5. The second-order valence-electron chi connectivity index (χ2n) is 9.55. The molecule has 0 radical (unpaired) electrons. The number of hydrogen-bond acceptors (Lipinski definition) is 3. The van der Waals surface area contributed by atoms with Gasteiger partial charge >= 0.3 is 12.1 Å². The Labute approximate surface area is 185 Å². The minimum Gasteiger partial charge on any atom is -0.422 e. The van der Waals surface area contributed by atoms with E-state index < -0.39 is 23.3 Å². The fourth-order valence-corrected chi connectivity index (χ4v) is 3.34. The van der Waals surface area contributed by atoms with Crippen LogP contribution in [0.25, 0.3) is 22.2 Å². The molecule has 7 heteroatoms. The van der Waals surface area contributed by atoms with Gasteiger partial charge in [-0.1, -0.05) is 69.8 Å². The van der Waals surface area contributed by atoms with Crippen LogP contribution in [-0.4, -0.2) is 21.9 Å². The Kier molecular flexibility index (Phi) is 5.98. The molecular weight excluding hydrogens is 417 g/mol. The monoisotopic (exact) mass is 444 g/mol. The minimum atomic E-state index is -4.80. The summed E-state index contributed by atoms with van der Waals surface area (Å²) < 4.78 is 44.3. The number of carbonyl (C=O) groups is 1. The highest BCUT2D eigenvalue weighted by atomic mass is 19.4. The average molecular weight is 444 g/mol. The molecule has 0 spiro atoms. The van der Waals surface area contributed by atoms with E-state index in [2.05, 4.69) is 44.2 Å². The first-order valence-electron chi connectivity index (χ1n) is 10.2. The second-order valence-corrected chi connectivity index (χ2v) is 9.55. The smallest absolute Gasteiger partial charge is 0.422 e. The Bertz CT molecular complexity index is 1150. The van der Waals surface area contributed by atoms with Crippen LogP contribution in [0, 0.1) is 5.41 Å². The fraction of sp³-hybridized carbons (Fsp3) is 0.360. The van der Waals surface area contributed by atoms with E-state index in [0.717, 1.165) is 22.2 Å². The summed E-state index contributed by atoms with van der Waals surface area (Å²) in [4.78, 5) is 12.4. The predicted octanol–water partition coefficient (Wildman–Crippen LogP) is 6.65. The van der Waals surface area contributed by atoms with Crippen LogP contribution < -0.4 is 0 Å². The van der Waals surface area contributed by atoms with Crippen molar-refractivity contribution in [2.45, 2.75) is 52.8 Å². The standard InChI is InChI=1S/C25H27F3N2O2/c1-16(25(26,27)28)32-22(31)24(5,6)15-30-20-10-8-7-9-19(20)21(29-30)17-11-13-18(14-12-17)23(2,3)4/h7-14H,1,15H2,2-6H3. The van der Waals surface area contributed by atoms with Gasteiger partial charge in [0.15, 0.2) is 0 Å². The molecule has 0 unspecified atom stereocenters. The number of ether oxygens (including phenoxy) is 1. The van der Waals surface area contributed by atoms with E-state index in [1.807, 2.05) is 36.4 Å². The summed E-state index contributed by atoms with van der Waals surface area (Å²) in [5.41, 5.74) is 2.38. The lowest BCUT2D eigenvalue weighted by atomic mass is 9.86. The Hall–Kier alpha value is -3.09. The topological polar surface area (TPSA) is 44.1 Å². The van der Waals surface area contributed by atoms with Gasteiger partial charge in [-0.15, -0.1) is 0 Å². The molecule has 1 aromatic heterocycles. The Morgan fingerprint density at radius 1 is 1.00 bits per heavy atom. The van der Waals surface area contributed by atoms with E-state index >= 15 is 0 Å². The third kappa shape index (κ3) is 4.87. The Morgan fingerprint density at radius 2 is 1.59 bits per heavy atom. The van der Waals surface area contributed by atoms with Crippen LogP contribution >= 0.6 is 0 Å². The highest BCUT2D eigenvalue weighted by Crippen LogP contribution is 2.33. The van der Waals surface area contributed by atoms with Crippen LogP contribution in [0.4, 0.5) is 13.2 Å². The van der Waals surface area contributed by atoms with Crippen molar-refractivity contribution in [1.29, 1.82) is 0 Å². The number of esters is 1. The molecule has 0 aliphatic carbocycles. The summed E-state index contributed by atoms with van der Waals surface area (Å²) in [7, 11) is 0. The van der Waals surface area contributed by atoms with E-state index in [9.17, 15) is 18.0 Å². The van der Waals surface area contributed by atoms with Crippen LogP contribution in [0.3, 0.4) is 0 Å². The number of carbonyl (C=O) groups excluding carboxylic acids is 1. The van der Waals surface area contributed by atoms with Crippen molar-refractivity contribution in [3.8, 4) is 11.3 Å². The van der Waals surface area contributed by atoms with E-state index in [1.165, 1.54) is 19.4 Å². The van der Waals surface area contributed by atoms with Crippen LogP contribution in [-0.2, 0) is 21.5 Å². The van der Waals surface area contributed by atoms with Gasteiger partial charge < -0.3 is 4.74 Å². The molecule has 32 heavy (non-hydrogen) atoms. The van der Waals surface area contributed by atoms with E-state index in [0.29, 0.717) is 0 Å². The van der Waals surface area contributed by atoms with Crippen molar-refractivity contribution in [1.82, 2.24) is 9.78 Å². The molecular formula is C25H27F3N2O2. The molecule has 4 nitrogen and oxygen atoms in total. The first-order valence-corrected chi connectivity index (χ1v) is 10.2. The van der Waals surface area contributed by atoms with Gasteiger partial charge in [-0.3, -0.25) is 9.48 Å². The highest BCUT2D eigenvalue weighted by Gasteiger charge is 2.39. The number of alkyl halides is 3. The van der Waals surface area contributed by atoms with Gasteiger partial charge in [0, 0.05) is 10.9 Å². The highest BCUT2D eigenvalue weighted by molar-refractivity contribution is 5.93. The maximum atomic E-state index is 12.7. The largest absolute Gasteiger partial charge is 0.449 e. The molecule has 0 atom stereocenters. The molecule has 0 bridgehead atoms. The summed E-state index contributed by atoms with van der Waals surface area (Å²) in [5, 5.41) is 5.60. The minimum absolute atomic E-state index is 0.0186. The van der Waals surface area contributed by atoms with Crippen LogP contribution in [0.15, 0.2) is 60.9 Å². The number of para-hydroxylation sites is 1. The normalized spacial score (nSPS) is 12.8. The number of allylic oxidation sites excluding steroid dienone is 1. The maximum absolute atomic E-state index is 12.7. The number of fused-ring (bicyclic) bond motifs is 1. The van der Waals surface area contributed by atoms with Gasteiger partial charge in [-0.25, -0.2) is 0 Å². The quantitative estimate of drug-likeness (QED) is 0.327. The summed E-state index contributed by atoms with van der Waals surface area (Å²) in [6.45, 7) is 12.3. The molecule has 170 valence electrons. The molecule has 0 amide bonds. The summed E-state index contributed by atoms with van der Waals surface area (Å²) >= 11 is 0. The average Bonchev–Trinajstić information content (AvgIpc) is 3.04. The van der Waals surface area contributed by atoms with Crippen molar-refractivity contribution in [2.24, 2.45) is 5.41 Å². The number of nitrogens with zero attached hydrogens (tertiary/aromatic N) is 2. The lowest BCUT2D eigenvalue weighted by molar-refractivity contribution is -0.168. The van der Waals surface area contributed by atoms with E-state index in [4.69, 9.17) is 5.10 Å². The van der Waals surface area contributed by atoms with Crippen LogP contribution in [0.1, 0.15) is 40.2 Å². The summed E-state index contributed by atoms with van der Waals surface area (Å²) in [5.74, 6) is -2.55.